The molecule has 0 atom stereocenters. The summed E-state index contributed by atoms with van der Waals surface area (Å²) in [6.45, 7) is 0. The molecule has 0 aromatic heterocycles. The van der Waals surface area contributed by atoms with E-state index in [1.807, 2.05) is 0 Å². The molecule has 0 spiro atoms. The maximum atomic E-state index is 9.80. The molecular formula is C53H37N. The summed E-state index contributed by atoms with van der Waals surface area (Å²) in [7, 11) is 0. The lowest BCUT2D eigenvalue weighted by Gasteiger charge is -2.35. The van der Waals surface area contributed by atoms with Gasteiger partial charge in [-0.15, -0.1) is 0 Å². The molecule has 9 aromatic rings. The van der Waals surface area contributed by atoms with Gasteiger partial charge in [0.1, 0.15) is 0 Å². The predicted octanol–water partition coefficient (Wildman–Crippen LogP) is 14.0. The average Bonchev–Trinajstić information content (AvgIpc) is 1.55. The second-order valence-electron chi connectivity index (χ2n) is 11.7. The van der Waals surface area contributed by atoms with Crippen molar-refractivity contribution >= 4 is 27.8 Å². The number of hydrogen-bond acceptors (Lipinski definition) is 1. The highest BCUT2D eigenvalue weighted by molar-refractivity contribution is 5.97. The third-order valence-corrected chi connectivity index (χ3v) is 8.92. The Morgan fingerprint density at radius 2 is 0.852 bits per heavy atom. The molecule has 54 heavy (non-hydrogen) atoms. The van der Waals surface area contributed by atoms with Crippen LogP contribution in [0.3, 0.4) is 0 Å². The van der Waals surface area contributed by atoms with Crippen LogP contribution in [-0.2, 0) is 5.41 Å². The topological polar surface area (TPSA) is 3.24 Å². The zero-order valence-electron chi connectivity index (χ0n) is 58.4. The third kappa shape index (κ3) is 5.17. The van der Waals surface area contributed by atoms with Crippen molar-refractivity contribution in [3.8, 4) is 33.4 Å². The molecule has 254 valence electrons. The highest BCUT2D eigenvalue weighted by Crippen LogP contribution is 2.56. The molecule has 0 unspecified atom stereocenters. The fourth-order valence-electron chi connectivity index (χ4n) is 6.64. The summed E-state index contributed by atoms with van der Waals surface area (Å²) in [5.41, 5.74) is -10.8. The summed E-state index contributed by atoms with van der Waals surface area (Å²) < 4.78 is 279. The third-order valence-electron chi connectivity index (χ3n) is 8.92. The number of anilines is 3. The van der Waals surface area contributed by atoms with Gasteiger partial charge in [0, 0.05) is 17.1 Å². The lowest BCUT2D eigenvalue weighted by Crippen LogP contribution is -2.28. The van der Waals surface area contributed by atoms with Crippen molar-refractivity contribution in [2.45, 2.75) is 5.41 Å². The lowest BCUT2D eigenvalue weighted by atomic mass is 9.67. The molecule has 0 saturated heterocycles. The molecule has 0 fully saturated rings. The van der Waals surface area contributed by atoms with Crippen molar-refractivity contribution in [1.82, 2.24) is 0 Å². The van der Waals surface area contributed by atoms with Gasteiger partial charge in [-0.3, -0.25) is 0 Å². The first-order valence-electron chi connectivity index (χ1n) is 31.6. The van der Waals surface area contributed by atoms with E-state index in [9.17, 15) is 16.4 Å². The molecule has 0 aliphatic heterocycles. The van der Waals surface area contributed by atoms with Gasteiger partial charge in [-0.1, -0.05) is 187 Å². The van der Waals surface area contributed by atoms with Crippen molar-refractivity contribution in [2.24, 2.45) is 0 Å². The van der Waals surface area contributed by atoms with E-state index in [1.165, 1.54) is 0 Å². The Hall–Kier alpha value is -6.96. The van der Waals surface area contributed by atoms with Crippen molar-refractivity contribution in [3.63, 3.8) is 0 Å². The van der Waals surface area contributed by atoms with E-state index >= 15 is 0 Å². The first-order valence-corrected chi connectivity index (χ1v) is 16.1. The Morgan fingerprint density at radius 3 is 1.54 bits per heavy atom. The van der Waals surface area contributed by atoms with Crippen LogP contribution in [0.4, 0.5) is 17.1 Å². The fraction of sp³-hybridized carbons (Fsp3) is 0.0189. The summed E-state index contributed by atoms with van der Waals surface area (Å²) >= 11 is 0. The molecule has 1 aliphatic carbocycles. The van der Waals surface area contributed by atoms with E-state index in [-0.39, 0.29) is 11.4 Å². The van der Waals surface area contributed by atoms with Gasteiger partial charge in [0.15, 0.2) is 0 Å². The summed E-state index contributed by atoms with van der Waals surface area (Å²) in [5.74, 6) is 0. The van der Waals surface area contributed by atoms with Crippen LogP contribution in [0.25, 0.3) is 44.2 Å². The molecule has 1 aliphatic rings. The van der Waals surface area contributed by atoms with E-state index in [4.69, 9.17) is 26.0 Å². The highest BCUT2D eigenvalue weighted by Gasteiger charge is 2.46. The van der Waals surface area contributed by atoms with Crippen LogP contribution in [0.2, 0.25) is 0 Å². The van der Waals surface area contributed by atoms with Gasteiger partial charge < -0.3 is 4.90 Å². The number of fused-ring (bicyclic) bond motifs is 4. The monoisotopic (exact) mass is 718 g/mol. The first-order chi connectivity index (χ1) is 39.6. The van der Waals surface area contributed by atoms with Crippen molar-refractivity contribution in [3.05, 3.63) is 246 Å². The van der Waals surface area contributed by atoms with Crippen molar-refractivity contribution in [2.75, 3.05) is 4.90 Å². The van der Waals surface area contributed by atoms with Gasteiger partial charge in [0.2, 0.25) is 0 Å². The number of hydrogen-bond donors (Lipinski definition) is 0. The summed E-state index contributed by atoms with van der Waals surface area (Å²) in [4.78, 5) is 1.03. The van der Waals surface area contributed by atoms with Crippen LogP contribution in [0, 0.1) is 0 Å². The first kappa shape index (κ1) is 13.2. The minimum absolute atomic E-state index is 0.360. The normalized spacial score (nSPS) is 20.6. The second kappa shape index (κ2) is 13.2. The number of rotatable bonds is 7. The van der Waals surface area contributed by atoms with Crippen molar-refractivity contribution in [1.29, 1.82) is 0 Å². The Balaban J connectivity index is 1.40. The molecule has 10 rings (SSSR count). The molecule has 0 amide bonds. The van der Waals surface area contributed by atoms with Crippen LogP contribution in [-0.4, -0.2) is 0 Å². The summed E-state index contributed by atoms with van der Waals surface area (Å²) in [6, 6.07) is -21.4. The van der Waals surface area contributed by atoms with Gasteiger partial charge in [0.25, 0.3) is 0 Å². The van der Waals surface area contributed by atoms with Crippen molar-refractivity contribution < 1.29 is 42.5 Å². The summed E-state index contributed by atoms with van der Waals surface area (Å²) in [5, 5.41) is -1.01. The molecular weight excluding hydrogens is 651 g/mol. The SMILES string of the molecule is [2H]c1cc(N(c2cc([2H])c(-c3c([2H])c([2H])c([2H])c([2H])c3[2H])c([2H])c2)c2cc([2H])c(-c3c([2H])c([2H])c([2H])c4c([2H])c([2H])c([2H])c([2H])c34)c([2H])c2)cc(C2(c3c([2H])c([2H])c([2H])c([2H])c3[2H])c3c([2H])c([2H])c([2H])c([2H])c3-c3c([2H])c([2H])c([2H])c([2H])c32)c1[2H]. The molecule has 1 nitrogen and oxygen atoms in total. The largest absolute Gasteiger partial charge is 0.310 e. The number of nitrogens with zero attached hydrogens (tertiary/aromatic N) is 1. The smallest absolute Gasteiger partial charge is 0.0714 e. The van der Waals surface area contributed by atoms with Gasteiger partial charge >= 0.3 is 0 Å². The number of benzene rings is 9. The van der Waals surface area contributed by atoms with Crippen LogP contribution in [0.15, 0.2) is 224 Å². The predicted molar refractivity (Wildman–Crippen MR) is 227 cm³/mol. The minimum atomic E-state index is -3.04. The van der Waals surface area contributed by atoms with E-state index < -0.39 is 265 Å². The second-order valence-corrected chi connectivity index (χ2v) is 11.7. The maximum absolute atomic E-state index is 9.80. The van der Waals surface area contributed by atoms with E-state index in [2.05, 4.69) is 0 Å². The molecule has 0 N–H and O–H groups in total. The van der Waals surface area contributed by atoms with Gasteiger partial charge in [-0.05, 0) is 103 Å². The van der Waals surface area contributed by atoms with Crippen LogP contribution in [0.5, 0.6) is 0 Å². The average molecular weight is 719 g/mol. The fourth-order valence-corrected chi connectivity index (χ4v) is 6.64. The zero-order chi connectivity index (χ0) is 62.9. The Morgan fingerprint density at radius 1 is 0.352 bits per heavy atom. The highest BCUT2D eigenvalue weighted by atomic mass is 15.1. The van der Waals surface area contributed by atoms with Crippen LogP contribution >= 0.6 is 0 Å². The molecule has 0 saturated carbocycles. The van der Waals surface area contributed by atoms with Gasteiger partial charge in [0.05, 0.1) is 47.9 Å². The standard InChI is InChI=1S/C53H37N/c1-3-15-38(16-4-1)39-29-33-44(34-30-39)54(45-35-31-41(32-36-45)48-26-13-18-40-17-7-8-23-47(40)48)46-22-14-21-43(37-46)53(42-19-5-2-6-20-42)51-27-11-9-24-49(51)50-25-10-12-28-52(50)53/h1-37H/i1D,2D,3D,4D,5D,6D,7D,8D,9D,10D,11D,12D,13D,14D,15D,16D,17D,18D,19D,20D,21D,23D,24D,25D,26D,27D,28D,29D,30D,31D,32D. The Kier molecular flexibility index (Phi) is 3.22. The lowest BCUT2D eigenvalue weighted by molar-refractivity contribution is 0.768. The van der Waals surface area contributed by atoms with E-state index in [1.54, 1.807) is 0 Å². The zero-order valence-corrected chi connectivity index (χ0v) is 27.4. The molecule has 0 radical (unpaired) electrons. The minimum Gasteiger partial charge on any atom is -0.310 e. The summed E-state index contributed by atoms with van der Waals surface area (Å²) in [6.07, 6.45) is 0. The van der Waals surface area contributed by atoms with E-state index in [0.717, 1.165) is 41.3 Å². The molecule has 0 heterocycles. The molecule has 9 aromatic carbocycles. The van der Waals surface area contributed by atoms with Gasteiger partial charge in [-0.25, -0.2) is 0 Å². The molecule has 0 bridgehead atoms. The van der Waals surface area contributed by atoms with E-state index in [0.29, 0.717) is 0 Å². The Bertz CT molecular complexity index is 4390. The molecule has 1 heteroatoms. The van der Waals surface area contributed by atoms with Gasteiger partial charge in [-0.2, -0.15) is 0 Å². The van der Waals surface area contributed by atoms with Crippen LogP contribution in [0.1, 0.15) is 64.7 Å². The van der Waals surface area contributed by atoms with Crippen LogP contribution < -0.4 is 4.90 Å². The Labute approximate surface area is 360 Å². The quantitative estimate of drug-likeness (QED) is 0.159. The maximum Gasteiger partial charge on any atom is 0.0714 e.